The number of rotatable bonds is 5. The summed E-state index contributed by atoms with van der Waals surface area (Å²) in [6.45, 7) is 3.44. The lowest BCUT2D eigenvalue weighted by atomic mass is 9.84. The highest BCUT2D eigenvalue weighted by Gasteiger charge is 2.33. The predicted molar refractivity (Wildman–Crippen MR) is 84.6 cm³/mol. The standard InChI is InChI=1S/C17H27N3O2/c21-17(7-2-1-3-8-17)13-20-10-11-22-16(12-20)5-4-15-6-9-18-14-19-15/h6,9,14,16,21H,1-5,7-8,10-13H2. The summed E-state index contributed by atoms with van der Waals surface area (Å²) in [5, 5.41) is 10.7. The highest BCUT2D eigenvalue weighted by molar-refractivity contribution is 4.98. The molecule has 0 radical (unpaired) electrons. The fourth-order valence-electron chi connectivity index (χ4n) is 3.66. The van der Waals surface area contributed by atoms with Crippen LogP contribution in [0.15, 0.2) is 18.6 Å². The third-order valence-electron chi connectivity index (χ3n) is 4.89. The molecule has 0 spiro atoms. The lowest BCUT2D eigenvalue weighted by molar-refractivity contribution is -0.0769. The van der Waals surface area contributed by atoms with Crippen molar-refractivity contribution in [1.29, 1.82) is 0 Å². The van der Waals surface area contributed by atoms with Crippen molar-refractivity contribution in [2.24, 2.45) is 0 Å². The maximum atomic E-state index is 10.7. The first-order chi connectivity index (χ1) is 10.7. The van der Waals surface area contributed by atoms with Gasteiger partial charge in [0.25, 0.3) is 0 Å². The van der Waals surface area contributed by atoms with E-state index in [0.29, 0.717) is 0 Å². The molecule has 122 valence electrons. The second-order valence-corrected chi connectivity index (χ2v) is 6.75. The normalized spacial score (nSPS) is 26.0. The van der Waals surface area contributed by atoms with Gasteiger partial charge in [-0.15, -0.1) is 0 Å². The summed E-state index contributed by atoms with van der Waals surface area (Å²) in [7, 11) is 0. The average molecular weight is 305 g/mol. The van der Waals surface area contributed by atoms with Crippen molar-refractivity contribution in [1.82, 2.24) is 14.9 Å². The fourth-order valence-corrected chi connectivity index (χ4v) is 3.66. The summed E-state index contributed by atoms with van der Waals surface area (Å²) in [4.78, 5) is 10.6. The molecule has 1 aliphatic heterocycles. The maximum Gasteiger partial charge on any atom is 0.115 e. The van der Waals surface area contributed by atoms with Crippen LogP contribution < -0.4 is 0 Å². The van der Waals surface area contributed by atoms with Crippen LogP contribution in [0.3, 0.4) is 0 Å². The molecule has 0 bridgehead atoms. The molecule has 1 aromatic rings. The van der Waals surface area contributed by atoms with E-state index in [1.54, 1.807) is 12.5 Å². The van der Waals surface area contributed by atoms with Crippen molar-refractivity contribution < 1.29 is 9.84 Å². The zero-order valence-electron chi connectivity index (χ0n) is 13.3. The Bertz CT molecular complexity index is 448. The Kier molecular flexibility index (Phi) is 5.39. The van der Waals surface area contributed by atoms with Crippen molar-refractivity contribution in [3.05, 3.63) is 24.3 Å². The smallest absolute Gasteiger partial charge is 0.115 e. The molecule has 1 aliphatic carbocycles. The van der Waals surface area contributed by atoms with Crippen molar-refractivity contribution >= 4 is 0 Å². The number of β-amino-alcohol motifs (C(OH)–C–C–N with tert-alkyl or cyclic N) is 1. The van der Waals surface area contributed by atoms with Gasteiger partial charge in [0.15, 0.2) is 0 Å². The molecule has 1 unspecified atom stereocenters. The molecule has 0 amide bonds. The Morgan fingerprint density at radius 3 is 2.95 bits per heavy atom. The quantitative estimate of drug-likeness (QED) is 0.899. The second kappa shape index (κ2) is 7.49. The Morgan fingerprint density at radius 1 is 1.32 bits per heavy atom. The van der Waals surface area contributed by atoms with E-state index in [1.165, 1.54) is 6.42 Å². The minimum absolute atomic E-state index is 0.246. The van der Waals surface area contributed by atoms with Crippen LogP contribution in [0.25, 0.3) is 0 Å². The van der Waals surface area contributed by atoms with Gasteiger partial charge in [0.1, 0.15) is 6.33 Å². The summed E-state index contributed by atoms with van der Waals surface area (Å²) < 4.78 is 5.89. The number of hydrogen-bond donors (Lipinski definition) is 1. The summed E-state index contributed by atoms with van der Waals surface area (Å²) in [5.74, 6) is 0. The van der Waals surface area contributed by atoms with Crippen LogP contribution >= 0.6 is 0 Å². The molecule has 3 rings (SSSR count). The summed E-state index contributed by atoms with van der Waals surface area (Å²) in [6, 6.07) is 1.96. The topological polar surface area (TPSA) is 58.5 Å². The van der Waals surface area contributed by atoms with E-state index < -0.39 is 5.60 Å². The second-order valence-electron chi connectivity index (χ2n) is 6.75. The molecule has 1 N–H and O–H groups in total. The zero-order chi connectivity index (χ0) is 15.3. The number of hydrogen-bond acceptors (Lipinski definition) is 5. The molecule has 2 heterocycles. The van der Waals surface area contributed by atoms with E-state index in [0.717, 1.165) is 70.5 Å². The van der Waals surface area contributed by atoms with Crippen molar-refractivity contribution in [3.8, 4) is 0 Å². The third kappa shape index (κ3) is 4.48. The van der Waals surface area contributed by atoms with Crippen molar-refractivity contribution in [2.75, 3.05) is 26.2 Å². The summed E-state index contributed by atoms with van der Waals surface area (Å²) >= 11 is 0. The van der Waals surface area contributed by atoms with Crippen LogP contribution in [0.5, 0.6) is 0 Å². The number of aryl methyl sites for hydroxylation is 1. The van der Waals surface area contributed by atoms with E-state index in [-0.39, 0.29) is 6.10 Å². The minimum Gasteiger partial charge on any atom is -0.389 e. The predicted octanol–water partition coefficient (Wildman–Crippen LogP) is 1.81. The lowest BCUT2D eigenvalue weighted by Gasteiger charge is -2.40. The Labute approximate surface area is 132 Å². The van der Waals surface area contributed by atoms with Gasteiger partial charge in [-0.05, 0) is 31.7 Å². The van der Waals surface area contributed by atoms with Gasteiger partial charge in [0.2, 0.25) is 0 Å². The SMILES string of the molecule is OC1(CN2CCOC(CCc3ccncn3)C2)CCCCC1. The van der Waals surface area contributed by atoms with Crippen LogP contribution in [-0.4, -0.2) is 57.9 Å². The monoisotopic (exact) mass is 305 g/mol. The summed E-state index contributed by atoms with van der Waals surface area (Å²) in [5.41, 5.74) is 0.605. The molecule has 1 saturated carbocycles. The van der Waals surface area contributed by atoms with E-state index in [9.17, 15) is 5.11 Å². The molecule has 0 aromatic carbocycles. The molecule has 1 aromatic heterocycles. The number of morpholine rings is 1. The van der Waals surface area contributed by atoms with E-state index >= 15 is 0 Å². The molecule has 5 heteroatoms. The first-order valence-corrected chi connectivity index (χ1v) is 8.55. The molecule has 2 aliphatic rings. The molecule has 1 atom stereocenters. The van der Waals surface area contributed by atoms with Gasteiger partial charge in [-0.3, -0.25) is 4.90 Å². The number of aliphatic hydroxyl groups is 1. The minimum atomic E-state index is -0.465. The number of ether oxygens (including phenoxy) is 1. The van der Waals surface area contributed by atoms with E-state index in [4.69, 9.17) is 4.74 Å². The molecule has 2 fully saturated rings. The van der Waals surface area contributed by atoms with E-state index in [2.05, 4.69) is 14.9 Å². The fraction of sp³-hybridized carbons (Fsp3) is 0.765. The van der Waals surface area contributed by atoms with Crippen molar-refractivity contribution in [2.45, 2.75) is 56.7 Å². The van der Waals surface area contributed by atoms with Crippen molar-refractivity contribution in [3.63, 3.8) is 0 Å². The van der Waals surface area contributed by atoms with Crippen LogP contribution in [0.4, 0.5) is 0 Å². The van der Waals surface area contributed by atoms with Gasteiger partial charge >= 0.3 is 0 Å². The Hall–Kier alpha value is -1.04. The zero-order valence-corrected chi connectivity index (χ0v) is 13.3. The molecular weight excluding hydrogens is 278 g/mol. The number of aromatic nitrogens is 2. The maximum absolute atomic E-state index is 10.7. The number of nitrogens with zero attached hydrogens (tertiary/aromatic N) is 3. The lowest BCUT2D eigenvalue weighted by Crippen LogP contribution is -2.50. The van der Waals surface area contributed by atoms with Gasteiger partial charge in [-0.2, -0.15) is 0 Å². The van der Waals surface area contributed by atoms with Gasteiger partial charge in [-0.1, -0.05) is 19.3 Å². The van der Waals surface area contributed by atoms with Crippen LogP contribution in [0, 0.1) is 0 Å². The third-order valence-corrected chi connectivity index (χ3v) is 4.89. The molecule has 22 heavy (non-hydrogen) atoms. The highest BCUT2D eigenvalue weighted by Crippen LogP contribution is 2.29. The van der Waals surface area contributed by atoms with Gasteiger partial charge in [-0.25, -0.2) is 9.97 Å². The first-order valence-electron chi connectivity index (χ1n) is 8.55. The van der Waals surface area contributed by atoms with Crippen LogP contribution in [0.1, 0.15) is 44.2 Å². The summed E-state index contributed by atoms with van der Waals surface area (Å²) in [6.07, 6.45) is 11.0. The first kappa shape index (κ1) is 15.8. The molecule has 5 nitrogen and oxygen atoms in total. The van der Waals surface area contributed by atoms with Gasteiger partial charge in [0.05, 0.1) is 18.3 Å². The van der Waals surface area contributed by atoms with E-state index in [1.807, 2.05) is 6.07 Å². The Morgan fingerprint density at radius 2 is 2.18 bits per heavy atom. The molecular formula is C17H27N3O2. The van der Waals surface area contributed by atoms with Crippen LogP contribution in [-0.2, 0) is 11.2 Å². The Balaban J connectivity index is 1.46. The van der Waals surface area contributed by atoms with Gasteiger partial charge < -0.3 is 9.84 Å². The average Bonchev–Trinajstić information content (AvgIpc) is 2.54. The highest BCUT2D eigenvalue weighted by atomic mass is 16.5. The largest absolute Gasteiger partial charge is 0.389 e. The van der Waals surface area contributed by atoms with Crippen LogP contribution in [0.2, 0.25) is 0 Å². The molecule has 1 saturated heterocycles. The van der Waals surface area contributed by atoms with Gasteiger partial charge in [0, 0.05) is 31.5 Å².